The molecule has 0 aliphatic rings. The summed E-state index contributed by atoms with van der Waals surface area (Å²) in [4.78, 5) is 12.5. The third-order valence-corrected chi connectivity index (χ3v) is 5.23. The van der Waals surface area contributed by atoms with E-state index in [1.807, 2.05) is 50.6 Å². The minimum atomic E-state index is -0.226. The summed E-state index contributed by atoms with van der Waals surface area (Å²) in [7, 11) is 0. The molecule has 2 aromatic heterocycles. The number of nitrogens with one attached hydrogen (secondary N) is 1. The van der Waals surface area contributed by atoms with Gasteiger partial charge in [0.15, 0.2) is 0 Å². The molecule has 3 aromatic rings. The summed E-state index contributed by atoms with van der Waals surface area (Å²) >= 11 is 1.29. The zero-order valence-electron chi connectivity index (χ0n) is 17.7. The highest BCUT2D eigenvalue weighted by Crippen LogP contribution is 2.23. The maximum Gasteiger partial charge on any atom is 0.235 e. The first-order valence-electron chi connectivity index (χ1n) is 9.53. The molecule has 154 valence electrons. The first kappa shape index (κ1) is 21.0. The molecule has 1 N–H and O–H groups in total. The third-order valence-electron chi connectivity index (χ3n) is 4.31. The van der Waals surface area contributed by atoms with Gasteiger partial charge in [-0.25, -0.2) is 4.68 Å². The minimum Gasteiger partial charge on any atom is -0.310 e. The number of amides is 1. The fourth-order valence-corrected chi connectivity index (χ4v) is 3.53. The molecule has 0 saturated carbocycles. The predicted octanol–water partition coefficient (Wildman–Crippen LogP) is 3.78. The first-order chi connectivity index (χ1) is 13.6. The Hall–Kier alpha value is -2.68. The molecule has 29 heavy (non-hydrogen) atoms. The van der Waals surface area contributed by atoms with Crippen LogP contribution in [0.2, 0.25) is 0 Å². The Morgan fingerprint density at radius 1 is 1.21 bits per heavy atom. The van der Waals surface area contributed by atoms with E-state index in [-0.39, 0.29) is 17.2 Å². The van der Waals surface area contributed by atoms with Crippen molar-refractivity contribution in [1.82, 2.24) is 30.0 Å². The molecule has 8 nitrogen and oxygen atoms in total. The van der Waals surface area contributed by atoms with E-state index in [2.05, 4.69) is 51.9 Å². The van der Waals surface area contributed by atoms with Crippen molar-refractivity contribution in [2.75, 3.05) is 11.1 Å². The molecule has 0 saturated heterocycles. The summed E-state index contributed by atoms with van der Waals surface area (Å²) in [6.07, 6.45) is 0. The van der Waals surface area contributed by atoms with Gasteiger partial charge in [-0.1, -0.05) is 37.7 Å². The molecule has 0 aliphatic carbocycles. The highest BCUT2D eigenvalue weighted by Gasteiger charge is 2.20. The summed E-state index contributed by atoms with van der Waals surface area (Å²) in [6.45, 7) is 12.3. The molecule has 0 radical (unpaired) electrons. The number of hydrogen-bond acceptors (Lipinski definition) is 6. The van der Waals surface area contributed by atoms with E-state index in [1.54, 1.807) is 4.68 Å². The van der Waals surface area contributed by atoms with Crippen LogP contribution < -0.4 is 5.32 Å². The second kappa shape index (κ2) is 8.36. The molecule has 0 bridgehead atoms. The molecule has 9 heteroatoms. The van der Waals surface area contributed by atoms with Gasteiger partial charge >= 0.3 is 0 Å². The topological polar surface area (TPSA) is 90.5 Å². The van der Waals surface area contributed by atoms with Crippen LogP contribution in [0.25, 0.3) is 5.69 Å². The zero-order chi connectivity index (χ0) is 21.2. The molecule has 2 heterocycles. The van der Waals surface area contributed by atoms with Crippen LogP contribution in [-0.2, 0) is 10.3 Å². The van der Waals surface area contributed by atoms with Gasteiger partial charge in [-0.05, 0) is 61.7 Å². The molecule has 1 amide bonds. The third kappa shape index (κ3) is 5.03. The van der Waals surface area contributed by atoms with Crippen molar-refractivity contribution in [2.24, 2.45) is 0 Å². The Balaban J connectivity index is 1.67. The standard InChI is InChI=1S/C20H27N7OS/c1-13(2)15-7-9-16(10-8-15)26-19(22-24-25-26)29-12-18(28)21-17-11-14(3)23-27(17)20(4,5)6/h7-11,13H,12H2,1-6H3,(H,21,28). The van der Waals surface area contributed by atoms with E-state index in [4.69, 9.17) is 0 Å². The molecule has 0 atom stereocenters. The Bertz CT molecular complexity index is 983. The highest BCUT2D eigenvalue weighted by atomic mass is 32.2. The average molecular weight is 414 g/mol. The maximum absolute atomic E-state index is 12.5. The molecule has 0 fully saturated rings. The van der Waals surface area contributed by atoms with E-state index >= 15 is 0 Å². The van der Waals surface area contributed by atoms with Crippen LogP contribution in [0.3, 0.4) is 0 Å². The minimum absolute atomic E-state index is 0.134. The van der Waals surface area contributed by atoms with Gasteiger partial charge in [-0.3, -0.25) is 4.79 Å². The Morgan fingerprint density at radius 2 is 1.90 bits per heavy atom. The van der Waals surface area contributed by atoms with Gasteiger partial charge in [-0.2, -0.15) is 9.78 Å². The van der Waals surface area contributed by atoms with Crippen LogP contribution in [-0.4, -0.2) is 41.6 Å². The SMILES string of the molecule is Cc1cc(NC(=O)CSc2nnnn2-c2ccc(C(C)C)cc2)n(C(C)(C)C)n1. The Kier molecular flexibility index (Phi) is 6.07. The second-order valence-corrected chi connectivity index (χ2v) is 9.15. The van der Waals surface area contributed by atoms with Crippen LogP contribution in [0.5, 0.6) is 0 Å². The number of carbonyl (C=O) groups is 1. The molecule has 0 spiro atoms. The van der Waals surface area contributed by atoms with E-state index in [0.29, 0.717) is 16.9 Å². The van der Waals surface area contributed by atoms with Crippen molar-refractivity contribution >= 4 is 23.5 Å². The zero-order valence-corrected chi connectivity index (χ0v) is 18.5. The molecular weight excluding hydrogens is 386 g/mol. The first-order valence-corrected chi connectivity index (χ1v) is 10.5. The average Bonchev–Trinajstić information content (AvgIpc) is 3.26. The van der Waals surface area contributed by atoms with E-state index in [1.165, 1.54) is 17.3 Å². The number of benzene rings is 1. The van der Waals surface area contributed by atoms with Crippen LogP contribution in [0.15, 0.2) is 35.5 Å². The number of carbonyl (C=O) groups excluding carboxylic acids is 1. The Morgan fingerprint density at radius 3 is 2.52 bits per heavy atom. The van der Waals surface area contributed by atoms with Crippen molar-refractivity contribution in [1.29, 1.82) is 0 Å². The number of thioether (sulfide) groups is 1. The largest absolute Gasteiger partial charge is 0.310 e. The monoisotopic (exact) mass is 413 g/mol. The van der Waals surface area contributed by atoms with E-state index < -0.39 is 0 Å². The molecule has 1 aromatic carbocycles. The van der Waals surface area contributed by atoms with Gasteiger partial charge in [0.2, 0.25) is 11.1 Å². The lowest BCUT2D eigenvalue weighted by molar-refractivity contribution is -0.113. The van der Waals surface area contributed by atoms with Crippen LogP contribution in [0, 0.1) is 6.92 Å². The number of anilines is 1. The smallest absolute Gasteiger partial charge is 0.235 e. The van der Waals surface area contributed by atoms with Crippen LogP contribution >= 0.6 is 11.8 Å². The fourth-order valence-electron chi connectivity index (χ4n) is 2.84. The fraction of sp³-hybridized carbons (Fsp3) is 0.450. The number of rotatable bonds is 6. The van der Waals surface area contributed by atoms with Gasteiger partial charge in [0.25, 0.3) is 0 Å². The van der Waals surface area contributed by atoms with Gasteiger partial charge < -0.3 is 5.32 Å². The summed E-state index contributed by atoms with van der Waals surface area (Å²) in [5.41, 5.74) is 2.75. The highest BCUT2D eigenvalue weighted by molar-refractivity contribution is 7.99. The van der Waals surface area contributed by atoms with Gasteiger partial charge in [-0.15, -0.1) is 5.10 Å². The number of nitrogens with zero attached hydrogens (tertiary/aromatic N) is 6. The summed E-state index contributed by atoms with van der Waals surface area (Å²) in [5.74, 6) is 1.20. The lowest BCUT2D eigenvalue weighted by atomic mass is 10.0. The second-order valence-electron chi connectivity index (χ2n) is 8.21. The van der Waals surface area contributed by atoms with E-state index in [9.17, 15) is 4.79 Å². The maximum atomic E-state index is 12.5. The quantitative estimate of drug-likeness (QED) is 0.619. The summed E-state index contributed by atoms with van der Waals surface area (Å²) in [6, 6.07) is 9.98. The summed E-state index contributed by atoms with van der Waals surface area (Å²) < 4.78 is 3.47. The van der Waals surface area contributed by atoms with Crippen LogP contribution in [0.4, 0.5) is 5.82 Å². The van der Waals surface area contributed by atoms with Crippen molar-refractivity contribution in [2.45, 2.75) is 58.2 Å². The van der Waals surface area contributed by atoms with E-state index in [0.717, 1.165) is 11.4 Å². The summed E-state index contributed by atoms with van der Waals surface area (Å²) in [5, 5.41) is 19.9. The van der Waals surface area contributed by atoms with Gasteiger partial charge in [0, 0.05) is 6.07 Å². The number of tetrazole rings is 1. The molecule has 0 unspecified atom stereocenters. The lowest BCUT2D eigenvalue weighted by Gasteiger charge is -2.22. The lowest BCUT2D eigenvalue weighted by Crippen LogP contribution is -2.27. The van der Waals surface area contributed by atoms with Crippen LogP contribution in [0.1, 0.15) is 51.8 Å². The van der Waals surface area contributed by atoms with Crippen molar-refractivity contribution in [3.8, 4) is 5.69 Å². The van der Waals surface area contributed by atoms with Crippen molar-refractivity contribution in [3.05, 3.63) is 41.6 Å². The number of hydrogen-bond donors (Lipinski definition) is 1. The molecule has 0 aliphatic heterocycles. The predicted molar refractivity (Wildman–Crippen MR) is 115 cm³/mol. The molecule has 3 rings (SSSR count). The normalized spacial score (nSPS) is 11.8. The van der Waals surface area contributed by atoms with Crippen molar-refractivity contribution < 1.29 is 4.79 Å². The van der Waals surface area contributed by atoms with Crippen molar-refractivity contribution in [3.63, 3.8) is 0 Å². The Labute approximate surface area is 175 Å². The van der Waals surface area contributed by atoms with Gasteiger partial charge in [0.05, 0.1) is 22.7 Å². The number of aromatic nitrogens is 6. The number of aryl methyl sites for hydroxylation is 1. The van der Waals surface area contributed by atoms with Gasteiger partial charge in [0.1, 0.15) is 5.82 Å². The molecular formula is C20H27N7OS.